The second-order valence-electron chi connectivity index (χ2n) is 2.52. The predicted octanol–water partition coefficient (Wildman–Crippen LogP) is 0.574. The molecule has 0 rings (SSSR count). The standard InChI is InChI=1S/C7H11F2NO3S/c1-4(11)10-5(7(12)13)2-14-3-6(8)9/h5-6H,2-3H2,1H3,(H,10,11)(H,12,13)/t5-/m0/s1. The lowest BCUT2D eigenvalue weighted by molar-refractivity contribution is -0.140. The number of carboxylic acid groups (broad SMARTS) is 1. The van der Waals surface area contributed by atoms with Gasteiger partial charge in [0.2, 0.25) is 12.3 Å². The van der Waals surface area contributed by atoms with Crippen LogP contribution in [0, 0.1) is 0 Å². The Kier molecular flexibility index (Phi) is 6.18. The average Bonchev–Trinajstić information content (AvgIpc) is 2.00. The first-order valence-electron chi connectivity index (χ1n) is 3.79. The summed E-state index contributed by atoms with van der Waals surface area (Å²) in [5, 5.41) is 10.7. The van der Waals surface area contributed by atoms with Crippen molar-refractivity contribution in [2.75, 3.05) is 11.5 Å². The Bertz CT molecular complexity index is 213. The second-order valence-corrected chi connectivity index (χ2v) is 3.59. The van der Waals surface area contributed by atoms with Crippen LogP contribution in [0.3, 0.4) is 0 Å². The molecule has 0 unspecified atom stereocenters. The zero-order valence-electron chi connectivity index (χ0n) is 7.50. The van der Waals surface area contributed by atoms with E-state index >= 15 is 0 Å². The summed E-state index contributed by atoms with van der Waals surface area (Å²) >= 11 is 0.794. The molecule has 2 N–H and O–H groups in total. The molecule has 0 bridgehead atoms. The lowest BCUT2D eigenvalue weighted by atomic mass is 10.3. The quantitative estimate of drug-likeness (QED) is 0.696. The Hall–Kier alpha value is -0.850. The minimum Gasteiger partial charge on any atom is -0.480 e. The van der Waals surface area contributed by atoms with Crippen LogP contribution in [0.1, 0.15) is 6.92 Å². The van der Waals surface area contributed by atoms with Crippen molar-refractivity contribution in [2.45, 2.75) is 19.4 Å². The van der Waals surface area contributed by atoms with Crippen molar-refractivity contribution in [1.29, 1.82) is 0 Å². The molecule has 0 saturated carbocycles. The maximum Gasteiger partial charge on any atom is 0.327 e. The van der Waals surface area contributed by atoms with E-state index in [1.807, 2.05) is 0 Å². The van der Waals surface area contributed by atoms with Gasteiger partial charge in [-0.25, -0.2) is 13.6 Å². The molecule has 1 amide bonds. The van der Waals surface area contributed by atoms with E-state index in [0.29, 0.717) is 0 Å². The molecular weight excluding hydrogens is 216 g/mol. The number of aliphatic carboxylic acids is 1. The minimum atomic E-state index is -2.47. The van der Waals surface area contributed by atoms with Crippen LogP contribution in [0.4, 0.5) is 8.78 Å². The van der Waals surface area contributed by atoms with Crippen LogP contribution in [0.2, 0.25) is 0 Å². The van der Waals surface area contributed by atoms with E-state index in [0.717, 1.165) is 11.8 Å². The normalized spacial score (nSPS) is 12.6. The molecule has 7 heteroatoms. The van der Waals surface area contributed by atoms with Crippen LogP contribution < -0.4 is 5.32 Å². The Balaban J connectivity index is 3.86. The number of carboxylic acids is 1. The first kappa shape index (κ1) is 13.2. The fourth-order valence-electron chi connectivity index (χ4n) is 0.695. The highest BCUT2D eigenvalue weighted by atomic mass is 32.2. The number of alkyl halides is 2. The summed E-state index contributed by atoms with van der Waals surface area (Å²) in [6.07, 6.45) is -2.47. The SMILES string of the molecule is CC(=O)N[C@@H](CSCC(F)F)C(=O)O. The molecule has 14 heavy (non-hydrogen) atoms. The third-order valence-electron chi connectivity index (χ3n) is 1.20. The van der Waals surface area contributed by atoms with Gasteiger partial charge in [-0.2, -0.15) is 11.8 Å². The number of amides is 1. The molecule has 0 aromatic carbocycles. The zero-order valence-corrected chi connectivity index (χ0v) is 8.31. The van der Waals surface area contributed by atoms with Gasteiger partial charge in [0.1, 0.15) is 6.04 Å². The molecule has 0 aliphatic carbocycles. The number of thioether (sulfide) groups is 1. The molecule has 0 aromatic rings. The molecule has 0 aliphatic heterocycles. The Labute approximate surface area is 84.1 Å². The second kappa shape index (κ2) is 6.58. The van der Waals surface area contributed by atoms with E-state index in [9.17, 15) is 18.4 Å². The van der Waals surface area contributed by atoms with Gasteiger partial charge in [-0.05, 0) is 0 Å². The van der Waals surface area contributed by atoms with E-state index in [4.69, 9.17) is 5.11 Å². The topological polar surface area (TPSA) is 66.4 Å². The van der Waals surface area contributed by atoms with Crippen molar-refractivity contribution in [2.24, 2.45) is 0 Å². The predicted molar refractivity (Wildman–Crippen MR) is 48.6 cm³/mol. The molecule has 0 radical (unpaired) electrons. The molecule has 0 saturated heterocycles. The number of nitrogens with one attached hydrogen (secondary N) is 1. The minimum absolute atomic E-state index is 0.0563. The summed E-state index contributed by atoms with van der Waals surface area (Å²) in [5.41, 5.74) is 0. The smallest absolute Gasteiger partial charge is 0.327 e. The molecule has 82 valence electrons. The van der Waals surface area contributed by atoms with Gasteiger partial charge in [0.25, 0.3) is 0 Å². The van der Waals surface area contributed by atoms with Gasteiger partial charge in [0, 0.05) is 12.7 Å². The number of hydrogen-bond acceptors (Lipinski definition) is 3. The third kappa shape index (κ3) is 6.64. The fraction of sp³-hybridized carbons (Fsp3) is 0.714. The van der Waals surface area contributed by atoms with Gasteiger partial charge in [-0.15, -0.1) is 0 Å². The van der Waals surface area contributed by atoms with E-state index in [1.54, 1.807) is 0 Å². The maximum absolute atomic E-state index is 11.7. The monoisotopic (exact) mass is 227 g/mol. The molecule has 0 aliphatic rings. The summed E-state index contributed by atoms with van der Waals surface area (Å²) in [6.45, 7) is 1.17. The molecule has 4 nitrogen and oxygen atoms in total. The number of hydrogen-bond donors (Lipinski definition) is 2. The first-order valence-corrected chi connectivity index (χ1v) is 4.94. The van der Waals surface area contributed by atoms with E-state index in [2.05, 4.69) is 5.32 Å². The van der Waals surface area contributed by atoms with E-state index < -0.39 is 30.1 Å². The highest BCUT2D eigenvalue weighted by Crippen LogP contribution is 2.08. The van der Waals surface area contributed by atoms with Gasteiger partial charge < -0.3 is 10.4 Å². The molecule has 0 fully saturated rings. The van der Waals surface area contributed by atoms with Crippen LogP contribution in [0.5, 0.6) is 0 Å². The molecule has 0 aromatic heterocycles. The number of carbonyl (C=O) groups excluding carboxylic acids is 1. The molecule has 0 spiro atoms. The number of rotatable bonds is 6. The number of halogens is 2. The van der Waals surface area contributed by atoms with Crippen molar-refractivity contribution in [1.82, 2.24) is 5.32 Å². The molecule has 0 heterocycles. The van der Waals surface area contributed by atoms with Gasteiger partial charge in [0.15, 0.2) is 0 Å². The van der Waals surface area contributed by atoms with Gasteiger partial charge >= 0.3 is 5.97 Å². The van der Waals surface area contributed by atoms with Crippen molar-refractivity contribution in [3.05, 3.63) is 0 Å². The van der Waals surface area contributed by atoms with Gasteiger partial charge in [0.05, 0.1) is 5.75 Å². The van der Waals surface area contributed by atoms with Crippen LogP contribution >= 0.6 is 11.8 Å². The number of carbonyl (C=O) groups is 2. The Morgan fingerprint density at radius 2 is 2.00 bits per heavy atom. The van der Waals surface area contributed by atoms with E-state index in [-0.39, 0.29) is 5.75 Å². The van der Waals surface area contributed by atoms with Crippen molar-refractivity contribution in [3.63, 3.8) is 0 Å². The zero-order chi connectivity index (χ0) is 11.1. The molecule has 1 atom stereocenters. The average molecular weight is 227 g/mol. The highest BCUT2D eigenvalue weighted by molar-refractivity contribution is 7.99. The lowest BCUT2D eigenvalue weighted by Gasteiger charge is -2.12. The van der Waals surface area contributed by atoms with E-state index in [1.165, 1.54) is 6.92 Å². The van der Waals surface area contributed by atoms with Crippen molar-refractivity contribution >= 4 is 23.6 Å². The third-order valence-corrected chi connectivity index (χ3v) is 2.26. The van der Waals surface area contributed by atoms with Gasteiger partial charge in [-0.3, -0.25) is 4.79 Å². The van der Waals surface area contributed by atoms with Crippen LogP contribution in [0.15, 0.2) is 0 Å². The maximum atomic E-state index is 11.7. The summed E-state index contributed by atoms with van der Waals surface area (Å²) in [6, 6.07) is -1.10. The summed E-state index contributed by atoms with van der Waals surface area (Å²) in [7, 11) is 0. The summed E-state index contributed by atoms with van der Waals surface area (Å²) in [4.78, 5) is 21.0. The lowest BCUT2D eigenvalue weighted by Crippen LogP contribution is -2.41. The van der Waals surface area contributed by atoms with Crippen LogP contribution in [-0.2, 0) is 9.59 Å². The van der Waals surface area contributed by atoms with Crippen molar-refractivity contribution < 1.29 is 23.5 Å². The van der Waals surface area contributed by atoms with Crippen LogP contribution in [0.25, 0.3) is 0 Å². The van der Waals surface area contributed by atoms with Crippen LogP contribution in [-0.4, -0.2) is 41.0 Å². The Morgan fingerprint density at radius 3 is 2.36 bits per heavy atom. The summed E-state index contributed by atoms with van der Waals surface area (Å²) < 4.78 is 23.4. The molecular formula is C7H11F2NO3S. The van der Waals surface area contributed by atoms with Crippen molar-refractivity contribution in [3.8, 4) is 0 Å². The van der Waals surface area contributed by atoms with Gasteiger partial charge in [-0.1, -0.05) is 0 Å². The first-order chi connectivity index (χ1) is 6.43. The summed E-state index contributed by atoms with van der Waals surface area (Å²) in [5.74, 6) is -2.19. The highest BCUT2D eigenvalue weighted by Gasteiger charge is 2.18. The largest absolute Gasteiger partial charge is 0.480 e. The fourth-order valence-corrected chi connectivity index (χ4v) is 1.47. The Morgan fingerprint density at radius 1 is 1.43 bits per heavy atom.